The van der Waals surface area contributed by atoms with Gasteiger partial charge in [-0.15, -0.1) is 0 Å². The SMILES string of the molecule is O=C(Cc1cccc(C(F)(F)F)c1)c1cccc(Br)c1Cl. The molecule has 6 heteroatoms. The minimum atomic E-state index is -4.42. The molecular formula is C15H9BrClF3O. The van der Waals surface area contributed by atoms with Crippen LogP contribution in [0.3, 0.4) is 0 Å². The monoisotopic (exact) mass is 376 g/mol. The molecule has 0 aliphatic heterocycles. The minimum Gasteiger partial charge on any atom is -0.294 e. The molecule has 110 valence electrons. The molecule has 21 heavy (non-hydrogen) atoms. The van der Waals surface area contributed by atoms with Crippen molar-refractivity contribution in [1.29, 1.82) is 0 Å². The Hall–Kier alpha value is -1.33. The molecule has 0 aliphatic rings. The first-order valence-electron chi connectivity index (χ1n) is 5.92. The van der Waals surface area contributed by atoms with E-state index in [4.69, 9.17) is 11.6 Å². The van der Waals surface area contributed by atoms with Crippen LogP contribution in [0.25, 0.3) is 0 Å². The van der Waals surface area contributed by atoms with Crippen molar-refractivity contribution in [1.82, 2.24) is 0 Å². The number of hydrogen-bond donors (Lipinski definition) is 0. The van der Waals surface area contributed by atoms with Gasteiger partial charge >= 0.3 is 6.18 Å². The smallest absolute Gasteiger partial charge is 0.294 e. The first-order chi connectivity index (χ1) is 9.79. The second-order valence-electron chi connectivity index (χ2n) is 4.40. The molecule has 2 aromatic carbocycles. The van der Waals surface area contributed by atoms with Crippen LogP contribution in [0.5, 0.6) is 0 Å². The average Bonchev–Trinajstić information content (AvgIpc) is 2.41. The Labute approximate surface area is 132 Å². The van der Waals surface area contributed by atoms with Crippen molar-refractivity contribution in [2.45, 2.75) is 12.6 Å². The number of alkyl halides is 3. The van der Waals surface area contributed by atoms with E-state index in [1.54, 1.807) is 18.2 Å². The molecule has 1 nitrogen and oxygen atoms in total. The van der Waals surface area contributed by atoms with E-state index in [0.29, 0.717) is 10.0 Å². The fourth-order valence-electron chi connectivity index (χ4n) is 1.86. The third-order valence-corrected chi connectivity index (χ3v) is 4.17. The van der Waals surface area contributed by atoms with E-state index in [0.717, 1.165) is 12.1 Å². The number of ketones is 1. The van der Waals surface area contributed by atoms with Gasteiger partial charge in [-0.2, -0.15) is 13.2 Å². The van der Waals surface area contributed by atoms with Crippen molar-refractivity contribution in [2.24, 2.45) is 0 Å². The second-order valence-corrected chi connectivity index (χ2v) is 5.63. The molecule has 0 heterocycles. The molecule has 0 unspecified atom stereocenters. The van der Waals surface area contributed by atoms with Gasteiger partial charge in [-0.1, -0.05) is 35.9 Å². The maximum absolute atomic E-state index is 12.6. The van der Waals surface area contributed by atoms with Crippen molar-refractivity contribution in [3.8, 4) is 0 Å². The van der Waals surface area contributed by atoms with E-state index in [-0.39, 0.29) is 22.8 Å². The summed E-state index contributed by atoms with van der Waals surface area (Å²) in [5, 5.41) is 0.259. The summed E-state index contributed by atoms with van der Waals surface area (Å²) in [6.45, 7) is 0. The lowest BCUT2D eigenvalue weighted by atomic mass is 10.0. The Balaban J connectivity index is 2.26. The quantitative estimate of drug-likeness (QED) is 0.641. The lowest BCUT2D eigenvalue weighted by Crippen LogP contribution is -2.08. The van der Waals surface area contributed by atoms with E-state index < -0.39 is 11.7 Å². The normalized spacial score (nSPS) is 11.5. The summed E-state index contributed by atoms with van der Waals surface area (Å²) in [4.78, 5) is 12.2. The van der Waals surface area contributed by atoms with Gasteiger partial charge in [0.2, 0.25) is 0 Å². The van der Waals surface area contributed by atoms with E-state index in [2.05, 4.69) is 15.9 Å². The highest BCUT2D eigenvalue weighted by Gasteiger charge is 2.30. The lowest BCUT2D eigenvalue weighted by Gasteiger charge is -2.09. The first kappa shape index (κ1) is 16.0. The van der Waals surface area contributed by atoms with Gasteiger partial charge in [-0.3, -0.25) is 4.79 Å². The Morgan fingerprint density at radius 1 is 1.14 bits per heavy atom. The summed E-state index contributed by atoms with van der Waals surface area (Å²) in [5.41, 5.74) is -0.192. The van der Waals surface area contributed by atoms with Gasteiger partial charge < -0.3 is 0 Å². The summed E-state index contributed by atoms with van der Waals surface area (Å²) in [5.74, 6) is -0.333. The molecule has 0 aromatic heterocycles. The van der Waals surface area contributed by atoms with Crippen LogP contribution in [0.15, 0.2) is 46.9 Å². The molecule has 2 aromatic rings. The van der Waals surface area contributed by atoms with Crippen molar-refractivity contribution in [3.05, 3.63) is 68.7 Å². The lowest BCUT2D eigenvalue weighted by molar-refractivity contribution is -0.137. The minimum absolute atomic E-state index is 0.139. The fraction of sp³-hybridized carbons (Fsp3) is 0.133. The number of carbonyl (C=O) groups is 1. The number of Topliss-reactive ketones (excluding diaryl/α,β-unsaturated/α-hetero) is 1. The molecule has 0 saturated heterocycles. The summed E-state index contributed by atoms with van der Waals surface area (Å²) in [6.07, 6.45) is -4.56. The summed E-state index contributed by atoms with van der Waals surface area (Å²) < 4.78 is 38.5. The van der Waals surface area contributed by atoms with Crippen LogP contribution in [0.4, 0.5) is 13.2 Å². The van der Waals surface area contributed by atoms with E-state index in [9.17, 15) is 18.0 Å². The zero-order chi connectivity index (χ0) is 15.6. The van der Waals surface area contributed by atoms with Crippen molar-refractivity contribution < 1.29 is 18.0 Å². The zero-order valence-electron chi connectivity index (χ0n) is 10.5. The van der Waals surface area contributed by atoms with E-state index in [1.165, 1.54) is 12.1 Å². The highest BCUT2D eigenvalue weighted by molar-refractivity contribution is 9.10. The van der Waals surface area contributed by atoms with E-state index in [1.807, 2.05) is 0 Å². The molecule has 0 radical (unpaired) electrons. The third kappa shape index (κ3) is 3.86. The Kier molecular flexibility index (Phi) is 4.74. The molecular weight excluding hydrogens is 369 g/mol. The Morgan fingerprint density at radius 2 is 1.81 bits per heavy atom. The van der Waals surface area contributed by atoms with Gasteiger partial charge in [0.25, 0.3) is 0 Å². The third-order valence-electron chi connectivity index (χ3n) is 2.87. The average molecular weight is 378 g/mol. The first-order valence-corrected chi connectivity index (χ1v) is 7.09. The number of carbonyl (C=O) groups excluding carboxylic acids is 1. The fourth-order valence-corrected chi connectivity index (χ4v) is 2.45. The van der Waals surface area contributed by atoms with E-state index >= 15 is 0 Å². The topological polar surface area (TPSA) is 17.1 Å². The van der Waals surface area contributed by atoms with Crippen molar-refractivity contribution in [2.75, 3.05) is 0 Å². The number of hydrogen-bond acceptors (Lipinski definition) is 1. The van der Waals surface area contributed by atoms with Gasteiger partial charge in [0.1, 0.15) is 0 Å². The maximum Gasteiger partial charge on any atom is 0.416 e. The van der Waals surface area contributed by atoms with Crippen LogP contribution >= 0.6 is 27.5 Å². The summed E-state index contributed by atoms with van der Waals surface area (Å²) in [6, 6.07) is 9.60. The van der Waals surface area contributed by atoms with Gasteiger partial charge in [0, 0.05) is 16.5 Å². The highest BCUT2D eigenvalue weighted by Crippen LogP contribution is 2.30. The number of rotatable bonds is 3. The Morgan fingerprint density at radius 3 is 2.48 bits per heavy atom. The molecule has 0 aliphatic carbocycles. The predicted octanol–water partition coefficient (Wildman–Crippen LogP) is 5.55. The van der Waals surface area contributed by atoms with Gasteiger partial charge in [-0.25, -0.2) is 0 Å². The van der Waals surface area contributed by atoms with Crippen LogP contribution in [0.1, 0.15) is 21.5 Å². The predicted molar refractivity (Wildman–Crippen MR) is 78.6 cm³/mol. The van der Waals surface area contributed by atoms with Crippen LogP contribution < -0.4 is 0 Å². The van der Waals surface area contributed by atoms with Crippen molar-refractivity contribution >= 4 is 33.3 Å². The van der Waals surface area contributed by atoms with Crippen molar-refractivity contribution in [3.63, 3.8) is 0 Å². The molecule has 0 amide bonds. The number of benzene rings is 2. The Bertz CT molecular complexity index is 683. The van der Waals surface area contributed by atoms with Gasteiger partial charge in [0.15, 0.2) is 5.78 Å². The molecule has 0 N–H and O–H groups in total. The molecule has 0 saturated carbocycles. The zero-order valence-corrected chi connectivity index (χ0v) is 12.9. The van der Waals surface area contributed by atoms with Crippen LogP contribution in [-0.4, -0.2) is 5.78 Å². The standard InChI is InChI=1S/C15H9BrClF3O/c16-12-6-2-5-11(14(12)17)13(21)8-9-3-1-4-10(7-9)15(18,19)20/h1-7H,8H2. The molecule has 0 atom stereocenters. The van der Waals surface area contributed by atoms with Gasteiger partial charge in [0.05, 0.1) is 10.6 Å². The molecule has 0 fully saturated rings. The van der Waals surface area contributed by atoms with Crippen LogP contribution in [-0.2, 0) is 12.6 Å². The maximum atomic E-state index is 12.6. The molecule has 2 rings (SSSR count). The highest BCUT2D eigenvalue weighted by atomic mass is 79.9. The van der Waals surface area contributed by atoms with Gasteiger partial charge in [-0.05, 0) is 39.7 Å². The second kappa shape index (κ2) is 6.20. The van der Waals surface area contributed by atoms with Crippen LogP contribution in [0.2, 0.25) is 5.02 Å². The van der Waals surface area contributed by atoms with Crippen LogP contribution in [0, 0.1) is 0 Å². The summed E-state index contributed by atoms with van der Waals surface area (Å²) >= 11 is 9.22. The molecule has 0 spiro atoms. The number of halogens is 5. The summed E-state index contributed by atoms with van der Waals surface area (Å²) in [7, 11) is 0. The molecule has 0 bridgehead atoms. The largest absolute Gasteiger partial charge is 0.416 e.